The van der Waals surface area contributed by atoms with Crippen LogP contribution in [0.5, 0.6) is 0 Å². The van der Waals surface area contributed by atoms with E-state index >= 15 is 0 Å². The number of aryl methyl sites for hydroxylation is 1. The molecule has 2 aromatic rings. The van der Waals surface area contributed by atoms with E-state index in [0.717, 1.165) is 12.0 Å². The number of pyridine rings is 1. The van der Waals surface area contributed by atoms with E-state index in [9.17, 15) is 4.79 Å². The van der Waals surface area contributed by atoms with Crippen molar-refractivity contribution in [1.29, 1.82) is 0 Å². The van der Waals surface area contributed by atoms with Crippen LogP contribution in [0.1, 0.15) is 22.5 Å². The molecule has 17 heavy (non-hydrogen) atoms. The first kappa shape index (κ1) is 11.3. The molecule has 0 aliphatic carbocycles. The molecule has 3 nitrogen and oxygen atoms in total. The lowest BCUT2D eigenvalue weighted by atomic mass is 10.1. The number of carbonyl (C=O) groups excluding carboxylic acids is 1. The van der Waals surface area contributed by atoms with Crippen molar-refractivity contribution < 1.29 is 4.79 Å². The highest BCUT2D eigenvalue weighted by molar-refractivity contribution is 5.98. The number of nitrogen functional groups attached to an aromatic ring is 1. The number of rotatable bonds is 4. The molecule has 3 heteroatoms. The molecule has 0 saturated carbocycles. The summed E-state index contributed by atoms with van der Waals surface area (Å²) in [5.41, 5.74) is 7.68. The molecular weight excluding hydrogens is 212 g/mol. The van der Waals surface area contributed by atoms with Gasteiger partial charge < -0.3 is 5.73 Å². The molecule has 0 fully saturated rings. The number of hydrogen-bond donors (Lipinski definition) is 1. The van der Waals surface area contributed by atoms with E-state index in [-0.39, 0.29) is 5.78 Å². The summed E-state index contributed by atoms with van der Waals surface area (Å²) in [6.45, 7) is 0. The number of hydrogen-bond acceptors (Lipinski definition) is 3. The van der Waals surface area contributed by atoms with Crippen molar-refractivity contribution in [2.24, 2.45) is 0 Å². The van der Waals surface area contributed by atoms with E-state index < -0.39 is 0 Å². The van der Waals surface area contributed by atoms with Gasteiger partial charge in [0, 0.05) is 12.6 Å². The highest BCUT2D eigenvalue weighted by Gasteiger charge is 2.10. The van der Waals surface area contributed by atoms with Crippen molar-refractivity contribution in [2.75, 3.05) is 5.73 Å². The van der Waals surface area contributed by atoms with Crippen LogP contribution >= 0.6 is 0 Å². The summed E-state index contributed by atoms with van der Waals surface area (Å²) in [6, 6.07) is 13.3. The quantitative estimate of drug-likeness (QED) is 0.815. The van der Waals surface area contributed by atoms with Gasteiger partial charge in [-0.25, -0.2) is 0 Å². The first-order valence-corrected chi connectivity index (χ1v) is 5.55. The Morgan fingerprint density at radius 1 is 1.12 bits per heavy atom. The molecule has 0 bridgehead atoms. The van der Waals surface area contributed by atoms with Gasteiger partial charge in [0.15, 0.2) is 5.78 Å². The third kappa shape index (κ3) is 2.91. The third-order valence-electron chi connectivity index (χ3n) is 2.59. The molecule has 0 atom stereocenters. The fraction of sp³-hybridized carbons (Fsp3) is 0.143. The average Bonchev–Trinajstić information content (AvgIpc) is 2.38. The second-order valence-corrected chi connectivity index (χ2v) is 3.85. The van der Waals surface area contributed by atoms with E-state index in [1.54, 1.807) is 18.3 Å². The van der Waals surface area contributed by atoms with Gasteiger partial charge in [-0.1, -0.05) is 30.3 Å². The highest BCUT2D eigenvalue weighted by Crippen LogP contribution is 2.12. The molecule has 0 saturated heterocycles. The van der Waals surface area contributed by atoms with Gasteiger partial charge in [0.2, 0.25) is 0 Å². The van der Waals surface area contributed by atoms with E-state index in [4.69, 9.17) is 5.73 Å². The van der Waals surface area contributed by atoms with Gasteiger partial charge in [-0.2, -0.15) is 0 Å². The van der Waals surface area contributed by atoms with E-state index in [2.05, 4.69) is 4.98 Å². The second-order valence-electron chi connectivity index (χ2n) is 3.85. The van der Waals surface area contributed by atoms with Crippen LogP contribution < -0.4 is 5.73 Å². The van der Waals surface area contributed by atoms with Gasteiger partial charge in [-0.15, -0.1) is 0 Å². The number of nitrogens with zero attached hydrogens (tertiary/aromatic N) is 1. The van der Waals surface area contributed by atoms with Crippen molar-refractivity contribution in [1.82, 2.24) is 4.98 Å². The summed E-state index contributed by atoms with van der Waals surface area (Å²) in [7, 11) is 0. The van der Waals surface area contributed by atoms with Crippen LogP contribution in [-0.2, 0) is 6.42 Å². The molecule has 2 N–H and O–H groups in total. The van der Waals surface area contributed by atoms with Gasteiger partial charge >= 0.3 is 0 Å². The fourth-order valence-corrected chi connectivity index (χ4v) is 1.67. The standard InChI is InChI=1S/C14H14N2O/c15-12-7-4-10-16-14(12)13(17)9-8-11-5-2-1-3-6-11/h1-7,10H,8-9,15H2. The maximum atomic E-state index is 11.9. The van der Waals surface area contributed by atoms with E-state index in [1.165, 1.54) is 0 Å². The number of aromatic nitrogens is 1. The van der Waals surface area contributed by atoms with Crippen molar-refractivity contribution in [3.8, 4) is 0 Å². The Balaban J connectivity index is 2.01. The molecule has 0 unspecified atom stereocenters. The number of Topliss-reactive ketones (excluding diaryl/α,β-unsaturated/α-hetero) is 1. The minimum Gasteiger partial charge on any atom is -0.397 e. The predicted molar refractivity (Wildman–Crippen MR) is 67.7 cm³/mol. The summed E-state index contributed by atoms with van der Waals surface area (Å²) in [4.78, 5) is 15.9. The minimum absolute atomic E-state index is 0.00745. The van der Waals surface area contributed by atoms with Crippen LogP contribution in [0, 0.1) is 0 Å². The zero-order valence-corrected chi connectivity index (χ0v) is 9.47. The van der Waals surface area contributed by atoms with E-state index in [0.29, 0.717) is 17.8 Å². The van der Waals surface area contributed by atoms with Crippen molar-refractivity contribution in [3.63, 3.8) is 0 Å². The van der Waals surface area contributed by atoms with E-state index in [1.807, 2.05) is 30.3 Å². The summed E-state index contributed by atoms with van der Waals surface area (Å²) in [6.07, 6.45) is 2.74. The van der Waals surface area contributed by atoms with Crippen molar-refractivity contribution in [3.05, 3.63) is 59.9 Å². The lowest BCUT2D eigenvalue weighted by Crippen LogP contribution is -2.07. The monoisotopic (exact) mass is 226 g/mol. The van der Waals surface area contributed by atoms with Crippen LogP contribution in [0.4, 0.5) is 5.69 Å². The molecule has 1 heterocycles. The van der Waals surface area contributed by atoms with Gasteiger partial charge in [0.25, 0.3) is 0 Å². The summed E-state index contributed by atoms with van der Waals surface area (Å²) < 4.78 is 0. The Bertz CT molecular complexity index is 509. The van der Waals surface area contributed by atoms with Gasteiger partial charge in [-0.3, -0.25) is 9.78 Å². The van der Waals surface area contributed by atoms with Crippen molar-refractivity contribution >= 4 is 11.5 Å². The maximum Gasteiger partial charge on any atom is 0.183 e. The predicted octanol–water partition coefficient (Wildman–Crippen LogP) is 2.48. The molecule has 0 aliphatic rings. The molecular formula is C14H14N2O. The number of nitrogens with two attached hydrogens (primary N) is 1. The zero-order chi connectivity index (χ0) is 12.1. The summed E-state index contributed by atoms with van der Waals surface area (Å²) in [5, 5.41) is 0. The number of carbonyl (C=O) groups is 1. The normalized spacial score (nSPS) is 10.1. The van der Waals surface area contributed by atoms with Gasteiger partial charge in [-0.05, 0) is 24.1 Å². The Morgan fingerprint density at radius 3 is 2.59 bits per heavy atom. The van der Waals surface area contributed by atoms with Gasteiger partial charge in [0.1, 0.15) is 5.69 Å². The van der Waals surface area contributed by atoms with Crippen molar-refractivity contribution in [2.45, 2.75) is 12.8 Å². The van der Waals surface area contributed by atoms with Crippen LogP contribution in [-0.4, -0.2) is 10.8 Å². The maximum absolute atomic E-state index is 11.9. The Kier molecular flexibility index (Phi) is 3.50. The first-order chi connectivity index (χ1) is 8.27. The molecule has 0 aliphatic heterocycles. The molecule has 86 valence electrons. The first-order valence-electron chi connectivity index (χ1n) is 5.55. The average molecular weight is 226 g/mol. The lowest BCUT2D eigenvalue weighted by molar-refractivity contribution is 0.0979. The highest BCUT2D eigenvalue weighted by atomic mass is 16.1. The molecule has 0 spiro atoms. The molecule has 2 rings (SSSR count). The number of benzene rings is 1. The molecule has 0 amide bonds. The fourth-order valence-electron chi connectivity index (χ4n) is 1.67. The van der Waals surface area contributed by atoms with Crippen LogP contribution in [0.3, 0.4) is 0 Å². The molecule has 1 aromatic carbocycles. The van der Waals surface area contributed by atoms with Crippen LogP contribution in [0.25, 0.3) is 0 Å². The molecule has 1 aromatic heterocycles. The zero-order valence-electron chi connectivity index (χ0n) is 9.47. The number of anilines is 1. The second kappa shape index (κ2) is 5.25. The smallest absolute Gasteiger partial charge is 0.183 e. The summed E-state index contributed by atoms with van der Waals surface area (Å²) in [5.74, 6) is -0.00745. The van der Waals surface area contributed by atoms with Crippen LogP contribution in [0.2, 0.25) is 0 Å². The minimum atomic E-state index is -0.00745. The number of ketones is 1. The van der Waals surface area contributed by atoms with Gasteiger partial charge in [0.05, 0.1) is 5.69 Å². The Morgan fingerprint density at radius 2 is 1.88 bits per heavy atom. The molecule has 0 radical (unpaired) electrons. The SMILES string of the molecule is Nc1cccnc1C(=O)CCc1ccccc1. The summed E-state index contributed by atoms with van der Waals surface area (Å²) >= 11 is 0. The topological polar surface area (TPSA) is 56.0 Å². The Hall–Kier alpha value is -2.16. The Labute approximate surface area is 100 Å². The largest absolute Gasteiger partial charge is 0.397 e. The lowest BCUT2D eigenvalue weighted by Gasteiger charge is -2.03. The van der Waals surface area contributed by atoms with Crippen LogP contribution in [0.15, 0.2) is 48.7 Å². The third-order valence-corrected chi connectivity index (χ3v) is 2.59.